The molecule has 0 radical (unpaired) electrons. The smallest absolute Gasteiger partial charge is 0.343 e. The van der Waals surface area contributed by atoms with Gasteiger partial charge in [-0.1, -0.05) is 130 Å². The topological polar surface area (TPSA) is 270 Å². The zero-order valence-corrected chi connectivity index (χ0v) is 67.1. The maximum Gasteiger partial charge on any atom is 0.393 e. The predicted molar refractivity (Wildman–Crippen MR) is 402 cm³/mol. The Labute approximate surface area is 644 Å². The van der Waals surface area contributed by atoms with Gasteiger partial charge in [0, 0.05) is 73.8 Å². The molecule has 13 atom stereocenters. The van der Waals surface area contributed by atoms with E-state index in [1.807, 2.05) is 20.8 Å². The van der Waals surface area contributed by atoms with Gasteiger partial charge < -0.3 is 60.0 Å². The number of rotatable bonds is 12. The van der Waals surface area contributed by atoms with Crippen LogP contribution in [0.1, 0.15) is 240 Å². The summed E-state index contributed by atoms with van der Waals surface area (Å²) in [6.07, 6.45) is 12.8. The van der Waals surface area contributed by atoms with E-state index in [0.717, 1.165) is 89.9 Å². The van der Waals surface area contributed by atoms with Gasteiger partial charge in [0.2, 0.25) is 70.9 Å². The number of amides is 12. The van der Waals surface area contributed by atoms with Gasteiger partial charge in [-0.15, -0.1) is 11.6 Å². The first kappa shape index (κ1) is 85.7. The van der Waals surface area contributed by atoms with Crippen LogP contribution in [0.25, 0.3) is 0 Å². The lowest BCUT2D eigenvalue weighted by atomic mass is 9.78. The van der Waals surface area contributed by atoms with Crippen molar-refractivity contribution in [3.63, 3.8) is 0 Å². The third-order valence-corrected chi connectivity index (χ3v) is 27.1. The van der Waals surface area contributed by atoms with Crippen LogP contribution < -0.4 is 16.0 Å². The Balaban J connectivity index is 1.10. The minimum atomic E-state index is -4.51. The van der Waals surface area contributed by atoms with Crippen LogP contribution in [0.2, 0.25) is 0 Å². The van der Waals surface area contributed by atoms with Crippen molar-refractivity contribution in [2.45, 2.75) is 305 Å². The predicted octanol–water partition coefficient (Wildman–Crippen LogP) is 8.43. The number of likely N-dealkylation sites (tertiary alicyclic amines) is 1. The molecule has 0 aromatic rings. The lowest BCUT2D eigenvalue weighted by Gasteiger charge is -2.44. The molecule has 0 bridgehead atoms. The first-order chi connectivity index (χ1) is 51.2. The fraction of sp³-hybridized carbons (Fsp3) is 0.850. The Morgan fingerprint density at radius 1 is 0.546 bits per heavy atom. The van der Waals surface area contributed by atoms with Crippen LogP contribution in [0, 0.1) is 47.3 Å². The Bertz CT molecular complexity index is 3170. The molecule has 3 N–H and O–H groups in total. The summed E-state index contributed by atoms with van der Waals surface area (Å²) in [7, 11) is 8.93. The molecule has 3 unspecified atom stereocenters. The number of alkyl halides is 4. The molecule has 0 aromatic carbocycles. The standard InChI is InChI=1S/C80H128ClF3N12O12/c1-11-51(4)68-76(106)89(6)49-67(99)95-41-36-60(95)74(104)91(8)63(44-52-26-16-12-17-27-52)73(103)88(5)48-65(97)85-59(35-33-53-32-34-57(58(81)43-53)80(82,83)84)72(102)96-47-56(54-28-18-13-19-29-54)45-62(96)71(101)87-79(37-22-23-38-79)78(108)93(10)69(55-30-20-14-21-31-55)77(107)92(9)64(75(105)94-39-24-15-25-40-94)46-66(98)90(7)61(42-50(2)3)70(100)86-68/h50-64,68-69H,11-49H2,1-10H3,(H,85,97)(H,86,100)(H,87,101)/t51-,53?,56-,57?,58?,59-,60-,61-,62-,63-,64-,68-,69-/m0/s1. The highest BCUT2D eigenvalue weighted by Gasteiger charge is 2.54. The molecule has 608 valence electrons. The van der Waals surface area contributed by atoms with Crippen molar-refractivity contribution in [1.29, 1.82) is 0 Å². The number of nitrogens with zero attached hydrogens (tertiary/aromatic N) is 9. The van der Waals surface area contributed by atoms with E-state index >= 15 is 38.4 Å². The van der Waals surface area contributed by atoms with Gasteiger partial charge in [-0.05, 0) is 144 Å². The van der Waals surface area contributed by atoms with Gasteiger partial charge in [-0.2, -0.15) is 13.2 Å². The molecule has 24 nitrogen and oxygen atoms in total. The lowest BCUT2D eigenvalue weighted by molar-refractivity contribution is -0.182. The largest absolute Gasteiger partial charge is 0.393 e. The molecule has 5 aliphatic carbocycles. The summed E-state index contributed by atoms with van der Waals surface area (Å²) in [6.45, 7) is 7.47. The van der Waals surface area contributed by atoms with Gasteiger partial charge in [0.15, 0.2) is 0 Å². The van der Waals surface area contributed by atoms with E-state index in [-0.39, 0.29) is 113 Å². The van der Waals surface area contributed by atoms with Gasteiger partial charge in [0.25, 0.3) is 0 Å². The number of likely N-dealkylation sites (N-methyl/N-ethyl adjacent to an activating group) is 6. The van der Waals surface area contributed by atoms with Crippen LogP contribution in [-0.4, -0.2) is 262 Å². The van der Waals surface area contributed by atoms with Crippen molar-refractivity contribution in [3.05, 3.63) is 0 Å². The van der Waals surface area contributed by atoms with Crippen LogP contribution >= 0.6 is 11.6 Å². The second-order valence-corrected chi connectivity index (χ2v) is 35.1. The maximum absolute atomic E-state index is 16.1. The van der Waals surface area contributed by atoms with E-state index in [1.165, 1.54) is 74.4 Å². The summed E-state index contributed by atoms with van der Waals surface area (Å²) >= 11 is 6.51. The van der Waals surface area contributed by atoms with Crippen molar-refractivity contribution in [3.8, 4) is 0 Å². The summed E-state index contributed by atoms with van der Waals surface area (Å²) in [5.74, 6) is -10.1. The number of fused-ring (bicyclic) bond motifs is 2. The minimum Gasteiger partial charge on any atom is -0.343 e. The van der Waals surface area contributed by atoms with Gasteiger partial charge in [0.05, 0.1) is 25.4 Å². The number of carbonyl (C=O) groups is 12. The number of hydrogen-bond donors (Lipinski definition) is 3. The Morgan fingerprint density at radius 2 is 1.15 bits per heavy atom. The first-order valence-electron chi connectivity index (χ1n) is 41.3. The summed E-state index contributed by atoms with van der Waals surface area (Å²) in [6, 6.07) is -9.50. The summed E-state index contributed by atoms with van der Waals surface area (Å²) in [5, 5.41) is 7.93. The molecule has 9 rings (SSSR count). The average Bonchev–Trinajstić information content (AvgIpc) is 1.30. The SMILES string of the molecule is CC[C@H](C)[C@@H]1NC(=O)[C@H](CC(C)C)N(C)C(=O)C[C@@H](C(=O)N2CCCCC2)N(C)C(=O)[C@H](C2CCCCC2)N(C)C(=O)C2(CCCC2)NC(=O)[C@@H]2C[C@H](C3CCCCC3)CN2C(=O)[C@H](CCC2CCC(C(F)(F)F)C(Cl)C2)NC(=O)CN(C)C(=O)[C@H](CC2CCCCC2)N(C)C(=O)[C@@H]2CCN2C(=O)CN(C)C1=O. The van der Waals surface area contributed by atoms with Crippen LogP contribution in [0.5, 0.6) is 0 Å². The molecule has 4 aliphatic heterocycles. The van der Waals surface area contributed by atoms with E-state index in [4.69, 9.17) is 11.6 Å². The molecule has 1 spiro atoms. The molecule has 5 saturated carbocycles. The van der Waals surface area contributed by atoms with Crippen molar-refractivity contribution < 1.29 is 70.7 Å². The van der Waals surface area contributed by atoms with E-state index < -0.39 is 174 Å². The summed E-state index contributed by atoms with van der Waals surface area (Å²) < 4.78 is 42.6. The minimum absolute atomic E-state index is 0.00964. The highest BCUT2D eigenvalue weighted by atomic mass is 35.5. The van der Waals surface area contributed by atoms with Gasteiger partial charge in [-0.3, -0.25) is 57.5 Å². The molecule has 0 aromatic heterocycles. The number of nitrogens with one attached hydrogen (secondary N) is 3. The van der Waals surface area contributed by atoms with Crippen LogP contribution in [0.4, 0.5) is 13.2 Å². The molecule has 108 heavy (non-hydrogen) atoms. The van der Waals surface area contributed by atoms with Crippen molar-refractivity contribution >= 4 is 82.5 Å². The number of piperidine rings is 1. The average molecular weight is 1540 g/mol. The number of hydrogen-bond acceptors (Lipinski definition) is 12. The second-order valence-electron chi connectivity index (χ2n) is 34.5. The van der Waals surface area contributed by atoms with Crippen molar-refractivity contribution in [1.82, 2.24) is 60.0 Å². The number of carbonyl (C=O) groups excluding carboxylic acids is 12. The Hall–Kier alpha value is -6.28. The van der Waals surface area contributed by atoms with Crippen molar-refractivity contribution in [2.24, 2.45) is 47.3 Å². The molecular weight excluding hydrogens is 1410 g/mol. The number of halogens is 4. The lowest BCUT2D eigenvalue weighted by Crippen LogP contribution is -2.65. The molecule has 28 heteroatoms. The van der Waals surface area contributed by atoms with E-state index in [0.29, 0.717) is 58.0 Å². The molecule has 12 amide bonds. The van der Waals surface area contributed by atoms with E-state index in [9.17, 15) is 32.3 Å². The van der Waals surface area contributed by atoms with Crippen LogP contribution in [0.15, 0.2) is 0 Å². The van der Waals surface area contributed by atoms with Crippen LogP contribution in [0.3, 0.4) is 0 Å². The molecule has 9 fully saturated rings. The van der Waals surface area contributed by atoms with Gasteiger partial charge in [-0.25, -0.2) is 0 Å². The fourth-order valence-corrected chi connectivity index (χ4v) is 20.1. The third kappa shape index (κ3) is 20.7. The maximum atomic E-state index is 16.1. The molecule has 4 heterocycles. The van der Waals surface area contributed by atoms with E-state index in [1.54, 1.807) is 18.9 Å². The zero-order valence-electron chi connectivity index (χ0n) is 66.3. The Kier molecular flexibility index (Phi) is 30.4. The third-order valence-electron chi connectivity index (χ3n) is 26.6. The quantitative estimate of drug-likeness (QED) is 0.155. The molecular formula is C80H128ClF3N12O12. The first-order valence-corrected chi connectivity index (χ1v) is 41.8. The highest BCUT2D eigenvalue weighted by Crippen LogP contribution is 2.45. The molecule has 4 saturated heterocycles. The Morgan fingerprint density at radius 3 is 1.73 bits per heavy atom. The fourth-order valence-electron chi connectivity index (χ4n) is 19.6. The monoisotopic (exact) mass is 1540 g/mol. The second kappa shape index (κ2) is 38.3. The normalized spacial score (nSPS) is 31.6. The highest BCUT2D eigenvalue weighted by molar-refractivity contribution is 6.21. The summed E-state index contributed by atoms with van der Waals surface area (Å²) in [5.41, 5.74) is -1.56. The van der Waals surface area contributed by atoms with Crippen LogP contribution in [-0.2, 0) is 57.5 Å². The van der Waals surface area contributed by atoms with E-state index in [2.05, 4.69) is 16.0 Å². The van der Waals surface area contributed by atoms with Gasteiger partial charge in [0.1, 0.15) is 53.9 Å². The van der Waals surface area contributed by atoms with Crippen molar-refractivity contribution in [2.75, 3.05) is 81.6 Å². The summed E-state index contributed by atoms with van der Waals surface area (Å²) in [4.78, 5) is 196. The molecule has 9 aliphatic rings. The zero-order chi connectivity index (χ0) is 78.6. The van der Waals surface area contributed by atoms with Gasteiger partial charge >= 0.3 is 6.18 Å².